The van der Waals surface area contributed by atoms with Crippen molar-refractivity contribution in [3.63, 3.8) is 0 Å². The summed E-state index contributed by atoms with van der Waals surface area (Å²) in [7, 11) is 0. The number of likely N-dealkylation sites (tertiary alicyclic amines) is 1. The van der Waals surface area contributed by atoms with E-state index in [4.69, 9.17) is 27.9 Å². The molecule has 0 amide bonds. The fraction of sp³-hybridized carbons (Fsp3) is 0.500. The van der Waals surface area contributed by atoms with Crippen molar-refractivity contribution in [1.82, 2.24) is 14.3 Å². The molecule has 0 spiro atoms. The van der Waals surface area contributed by atoms with Gasteiger partial charge in [0.2, 0.25) is 0 Å². The van der Waals surface area contributed by atoms with Crippen LogP contribution in [-0.2, 0) is 4.87 Å². The van der Waals surface area contributed by atoms with Crippen LogP contribution < -0.4 is 4.74 Å². The van der Waals surface area contributed by atoms with Crippen LogP contribution in [0.1, 0.15) is 43.5 Å². The molecular formula is C18H20Cl2N4OS. The third-order valence-corrected chi connectivity index (χ3v) is 6.13. The van der Waals surface area contributed by atoms with Gasteiger partial charge in [0.15, 0.2) is 5.82 Å². The summed E-state index contributed by atoms with van der Waals surface area (Å²) in [4.78, 5) is 10.8. The van der Waals surface area contributed by atoms with Crippen molar-refractivity contribution in [2.45, 2.75) is 43.9 Å². The molecule has 1 aliphatic carbocycles. The fourth-order valence-corrected chi connectivity index (χ4v) is 3.96. The number of hydrogen-bond donors (Lipinski definition) is 0. The molecule has 2 fully saturated rings. The Morgan fingerprint density at radius 1 is 1.27 bits per heavy atom. The molecular weight excluding hydrogens is 391 g/mol. The molecule has 138 valence electrons. The Morgan fingerprint density at radius 3 is 2.77 bits per heavy atom. The molecule has 26 heavy (non-hydrogen) atoms. The molecule has 1 saturated heterocycles. The minimum absolute atomic E-state index is 0.377. The van der Waals surface area contributed by atoms with Crippen LogP contribution >= 0.6 is 34.7 Å². The Morgan fingerprint density at radius 2 is 2.04 bits per heavy atom. The van der Waals surface area contributed by atoms with Crippen LogP contribution in [-0.4, -0.2) is 33.7 Å². The Bertz CT molecular complexity index is 829. The summed E-state index contributed by atoms with van der Waals surface area (Å²) in [5, 5.41) is 1.04. The molecule has 0 bridgehead atoms. The zero-order valence-electron chi connectivity index (χ0n) is 14.5. The monoisotopic (exact) mass is 410 g/mol. The molecule has 1 saturated carbocycles. The SMILES string of the molecule is Cc1cc(/N=C/N2CCCCC2)c(Cl)cc1Oc1nc(C2(Cl)CC2)ns1. The van der Waals surface area contributed by atoms with E-state index in [1.54, 1.807) is 6.07 Å². The first-order valence-corrected chi connectivity index (χ1v) is 10.4. The van der Waals surface area contributed by atoms with E-state index in [2.05, 4.69) is 19.2 Å². The summed E-state index contributed by atoms with van der Waals surface area (Å²) in [6.45, 7) is 4.09. The third-order valence-electron chi connectivity index (χ3n) is 4.69. The van der Waals surface area contributed by atoms with Gasteiger partial charge in [0.25, 0.3) is 5.19 Å². The highest BCUT2D eigenvalue weighted by molar-refractivity contribution is 7.07. The predicted octanol–water partition coefficient (Wildman–Crippen LogP) is 5.67. The maximum absolute atomic E-state index is 6.41. The van der Waals surface area contributed by atoms with E-state index in [1.165, 1.54) is 30.8 Å². The topological polar surface area (TPSA) is 50.6 Å². The van der Waals surface area contributed by atoms with E-state index in [1.807, 2.05) is 19.3 Å². The van der Waals surface area contributed by atoms with Crippen molar-refractivity contribution < 1.29 is 4.74 Å². The number of rotatable bonds is 5. The number of alkyl halides is 1. The minimum atomic E-state index is -0.377. The molecule has 8 heteroatoms. The average molecular weight is 411 g/mol. The van der Waals surface area contributed by atoms with Gasteiger partial charge < -0.3 is 9.64 Å². The molecule has 2 aliphatic rings. The van der Waals surface area contributed by atoms with Crippen molar-refractivity contribution in [3.05, 3.63) is 28.5 Å². The number of hydrogen-bond acceptors (Lipinski definition) is 5. The van der Waals surface area contributed by atoms with Gasteiger partial charge in [0.05, 0.1) is 17.0 Å². The van der Waals surface area contributed by atoms with Gasteiger partial charge in [0, 0.05) is 30.7 Å². The molecule has 1 aliphatic heterocycles. The molecule has 2 heterocycles. The molecule has 0 N–H and O–H groups in total. The highest BCUT2D eigenvalue weighted by Gasteiger charge is 2.46. The van der Waals surface area contributed by atoms with Crippen molar-refractivity contribution in [1.29, 1.82) is 0 Å². The Hall–Kier alpha value is -1.37. The number of aliphatic imine (C=N–C) groups is 1. The summed E-state index contributed by atoms with van der Waals surface area (Å²) in [5.41, 5.74) is 1.70. The lowest BCUT2D eigenvalue weighted by atomic mass is 10.1. The number of aromatic nitrogens is 2. The van der Waals surface area contributed by atoms with Gasteiger partial charge >= 0.3 is 0 Å². The number of benzene rings is 1. The van der Waals surface area contributed by atoms with Gasteiger partial charge in [-0.25, -0.2) is 4.99 Å². The number of nitrogens with zero attached hydrogens (tertiary/aromatic N) is 4. The Balaban J connectivity index is 1.48. The lowest BCUT2D eigenvalue weighted by Crippen LogP contribution is -2.27. The smallest absolute Gasteiger partial charge is 0.298 e. The second kappa shape index (κ2) is 7.33. The van der Waals surface area contributed by atoms with E-state index < -0.39 is 0 Å². The first-order valence-electron chi connectivity index (χ1n) is 8.83. The zero-order valence-corrected chi connectivity index (χ0v) is 16.9. The van der Waals surface area contributed by atoms with Crippen molar-refractivity contribution in [2.24, 2.45) is 4.99 Å². The normalized spacial score (nSPS) is 19.1. The van der Waals surface area contributed by atoms with E-state index in [0.717, 1.165) is 37.2 Å². The third kappa shape index (κ3) is 3.97. The first kappa shape index (κ1) is 18.0. The molecule has 0 unspecified atom stereocenters. The van der Waals surface area contributed by atoms with E-state index in [-0.39, 0.29) is 4.87 Å². The lowest BCUT2D eigenvalue weighted by molar-refractivity contribution is 0.351. The molecule has 1 aromatic carbocycles. The zero-order chi connectivity index (χ0) is 18.1. The minimum Gasteiger partial charge on any atom is -0.430 e. The van der Waals surface area contributed by atoms with Gasteiger partial charge in [-0.3, -0.25) is 0 Å². The van der Waals surface area contributed by atoms with Crippen LogP contribution in [0, 0.1) is 6.92 Å². The van der Waals surface area contributed by atoms with Crippen LogP contribution in [0.15, 0.2) is 17.1 Å². The summed E-state index contributed by atoms with van der Waals surface area (Å²) in [6.07, 6.45) is 7.47. The molecule has 0 atom stereocenters. The summed E-state index contributed by atoms with van der Waals surface area (Å²) in [5.74, 6) is 1.32. The summed E-state index contributed by atoms with van der Waals surface area (Å²) < 4.78 is 10.2. The van der Waals surface area contributed by atoms with Crippen LogP contribution in [0.2, 0.25) is 5.02 Å². The number of aryl methyl sites for hydroxylation is 1. The summed E-state index contributed by atoms with van der Waals surface area (Å²) in [6, 6.07) is 3.72. The van der Waals surface area contributed by atoms with E-state index in [9.17, 15) is 0 Å². The quantitative estimate of drug-likeness (QED) is 0.362. The molecule has 2 aromatic rings. The predicted molar refractivity (Wildman–Crippen MR) is 107 cm³/mol. The fourth-order valence-electron chi connectivity index (χ4n) is 2.90. The molecule has 4 rings (SSSR count). The van der Waals surface area contributed by atoms with Crippen molar-refractivity contribution >= 4 is 46.8 Å². The molecule has 5 nitrogen and oxygen atoms in total. The largest absolute Gasteiger partial charge is 0.430 e. The number of piperidine rings is 1. The second-order valence-corrected chi connectivity index (χ2v) is 8.71. The molecule has 0 radical (unpaired) electrons. The van der Waals surface area contributed by atoms with Gasteiger partial charge in [0.1, 0.15) is 10.6 Å². The van der Waals surface area contributed by atoms with Crippen LogP contribution in [0.5, 0.6) is 10.9 Å². The highest BCUT2D eigenvalue weighted by atomic mass is 35.5. The summed E-state index contributed by atoms with van der Waals surface area (Å²) >= 11 is 14.0. The lowest BCUT2D eigenvalue weighted by Gasteiger charge is -2.23. The van der Waals surface area contributed by atoms with Gasteiger partial charge in [-0.1, -0.05) is 11.6 Å². The van der Waals surface area contributed by atoms with Gasteiger partial charge in [-0.05, 0) is 50.7 Å². The van der Waals surface area contributed by atoms with Crippen molar-refractivity contribution in [3.8, 4) is 10.9 Å². The Kier molecular flexibility index (Phi) is 5.08. The van der Waals surface area contributed by atoms with Gasteiger partial charge in [-0.15, -0.1) is 11.6 Å². The maximum Gasteiger partial charge on any atom is 0.298 e. The molecule has 1 aromatic heterocycles. The van der Waals surface area contributed by atoms with E-state index >= 15 is 0 Å². The number of ether oxygens (including phenoxy) is 1. The first-order chi connectivity index (χ1) is 12.5. The van der Waals surface area contributed by atoms with Crippen LogP contribution in [0.4, 0.5) is 5.69 Å². The maximum atomic E-state index is 6.41. The van der Waals surface area contributed by atoms with Crippen LogP contribution in [0.25, 0.3) is 0 Å². The Labute approximate surface area is 167 Å². The van der Waals surface area contributed by atoms with Crippen molar-refractivity contribution in [2.75, 3.05) is 13.1 Å². The average Bonchev–Trinajstić information content (AvgIpc) is 3.21. The van der Waals surface area contributed by atoms with E-state index in [0.29, 0.717) is 21.8 Å². The second-order valence-electron chi connectivity index (χ2n) is 6.86. The highest BCUT2D eigenvalue weighted by Crippen LogP contribution is 2.51. The standard InChI is InChI=1S/C18H20Cl2N4OS/c1-12-9-14(21-11-24-7-3-2-4-8-24)13(19)10-15(12)25-17-22-16(23-26-17)18(20)5-6-18/h9-11H,2-8H2,1H3/b21-11+. The van der Waals surface area contributed by atoms with Gasteiger partial charge in [-0.2, -0.15) is 9.36 Å². The van der Waals surface area contributed by atoms with Crippen LogP contribution in [0.3, 0.4) is 0 Å². The number of halogens is 2.